The molecule has 11 heavy (non-hydrogen) atoms. The van der Waals surface area contributed by atoms with Crippen LogP contribution in [0.3, 0.4) is 0 Å². The fraction of sp³-hybridized carbons (Fsp3) is 0.625. The van der Waals surface area contributed by atoms with Gasteiger partial charge >= 0.3 is 5.97 Å². The summed E-state index contributed by atoms with van der Waals surface area (Å²) >= 11 is 0. The van der Waals surface area contributed by atoms with Crippen LogP contribution >= 0.6 is 0 Å². The quantitative estimate of drug-likeness (QED) is 0.399. The van der Waals surface area contributed by atoms with Crippen molar-refractivity contribution in [2.24, 2.45) is 0 Å². The SMILES string of the molecule is CC1CC(=C2CNC2)C(=O)O1. The molecule has 0 aromatic rings. The number of nitrogens with one attached hydrogen (secondary N) is 1. The number of carbonyl (C=O) groups excluding carboxylic acids is 1. The molecule has 0 aromatic heterocycles. The van der Waals surface area contributed by atoms with Crippen molar-refractivity contribution in [1.29, 1.82) is 0 Å². The average Bonchev–Trinajstić information content (AvgIpc) is 2.07. The summed E-state index contributed by atoms with van der Waals surface area (Å²) in [4.78, 5) is 11.1. The van der Waals surface area contributed by atoms with Crippen LogP contribution in [0.2, 0.25) is 0 Å². The molecule has 2 saturated heterocycles. The van der Waals surface area contributed by atoms with Crippen LogP contribution in [0.25, 0.3) is 0 Å². The Kier molecular flexibility index (Phi) is 1.46. The Balaban J connectivity index is 2.20. The molecule has 0 radical (unpaired) electrons. The van der Waals surface area contributed by atoms with Gasteiger partial charge in [-0.15, -0.1) is 0 Å². The highest BCUT2D eigenvalue weighted by atomic mass is 16.5. The van der Waals surface area contributed by atoms with Crippen LogP contribution in [0, 0.1) is 0 Å². The van der Waals surface area contributed by atoms with Gasteiger partial charge in [0.25, 0.3) is 0 Å². The molecule has 2 aliphatic heterocycles. The van der Waals surface area contributed by atoms with E-state index >= 15 is 0 Å². The molecule has 3 nitrogen and oxygen atoms in total. The third-order valence-electron chi connectivity index (χ3n) is 2.15. The second kappa shape index (κ2) is 2.34. The zero-order valence-corrected chi connectivity index (χ0v) is 6.52. The number of hydrogen-bond donors (Lipinski definition) is 1. The van der Waals surface area contributed by atoms with Crippen LogP contribution in [-0.2, 0) is 9.53 Å². The van der Waals surface area contributed by atoms with Crippen LogP contribution in [0.15, 0.2) is 11.1 Å². The zero-order chi connectivity index (χ0) is 7.84. The molecule has 1 unspecified atom stereocenters. The van der Waals surface area contributed by atoms with E-state index in [0.717, 1.165) is 25.1 Å². The maximum atomic E-state index is 11.1. The summed E-state index contributed by atoms with van der Waals surface area (Å²) in [6, 6.07) is 0. The maximum Gasteiger partial charge on any atom is 0.334 e. The average molecular weight is 153 g/mol. The molecule has 60 valence electrons. The molecule has 0 aromatic carbocycles. The van der Waals surface area contributed by atoms with Crippen molar-refractivity contribution in [3.63, 3.8) is 0 Å². The highest BCUT2D eigenvalue weighted by Gasteiger charge is 2.29. The first-order chi connectivity index (χ1) is 5.27. The first-order valence-electron chi connectivity index (χ1n) is 3.90. The van der Waals surface area contributed by atoms with Crippen LogP contribution in [0.4, 0.5) is 0 Å². The first kappa shape index (κ1) is 6.85. The van der Waals surface area contributed by atoms with Gasteiger partial charge in [-0.1, -0.05) is 0 Å². The van der Waals surface area contributed by atoms with Gasteiger partial charge in [0.05, 0.1) is 0 Å². The standard InChI is InChI=1S/C8H11NO2/c1-5-2-7(8(10)11-5)6-3-9-4-6/h5,9H,2-4H2,1H3. The van der Waals surface area contributed by atoms with E-state index in [1.165, 1.54) is 5.57 Å². The summed E-state index contributed by atoms with van der Waals surface area (Å²) in [5.41, 5.74) is 2.15. The third-order valence-corrected chi connectivity index (χ3v) is 2.15. The number of cyclic esters (lactones) is 1. The highest BCUT2D eigenvalue weighted by molar-refractivity contribution is 5.92. The Labute approximate surface area is 65.4 Å². The highest BCUT2D eigenvalue weighted by Crippen LogP contribution is 2.24. The van der Waals surface area contributed by atoms with Gasteiger partial charge in [0.1, 0.15) is 6.10 Å². The molecule has 2 fully saturated rings. The normalized spacial score (nSPS) is 30.3. The predicted molar refractivity (Wildman–Crippen MR) is 40.1 cm³/mol. The Morgan fingerprint density at radius 2 is 2.27 bits per heavy atom. The fourth-order valence-corrected chi connectivity index (χ4v) is 1.42. The van der Waals surface area contributed by atoms with E-state index in [-0.39, 0.29) is 12.1 Å². The van der Waals surface area contributed by atoms with Crippen molar-refractivity contribution < 1.29 is 9.53 Å². The van der Waals surface area contributed by atoms with Crippen LogP contribution < -0.4 is 5.32 Å². The second-order valence-corrected chi connectivity index (χ2v) is 3.11. The van der Waals surface area contributed by atoms with Gasteiger partial charge in [-0.25, -0.2) is 4.79 Å². The molecule has 0 bridgehead atoms. The lowest BCUT2D eigenvalue weighted by atomic mass is 10.0. The zero-order valence-electron chi connectivity index (χ0n) is 6.52. The van der Waals surface area contributed by atoms with Crippen molar-refractivity contribution in [3.8, 4) is 0 Å². The minimum absolute atomic E-state index is 0.0885. The lowest BCUT2D eigenvalue weighted by molar-refractivity contribution is -0.138. The van der Waals surface area contributed by atoms with Crippen LogP contribution in [0.5, 0.6) is 0 Å². The monoisotopic (exact) mass is 153 g/mol. The van der Waals surface area contributed by atoms with Crippen molar-refractivity contribution in [3.05, 3.63) is 11.1 Å². The molecule has 2 rings (SSSR count). The molecule has 3 heteroatoms. The topological polar surface area (TPSA) is 38.3 Å². The van der Waals surface area contributed by atoms with E-state index in [2.05, 4.69) is 5.32 Å². The summed E-state index contributed by atoms with van der Waals surface area (Å²) in [7, 11) is 0. The summed E-state index contributed by atoms with van der Waals surface area (Å²) < 4.78 is 5.01. The molecule has 0 amide bonds. The minimum atomic E-state index is -0.103. The summed E-state index contributed by atoms with van der Waals surface area (Å²) in [6.07, 6.45) is 0.890. The Bertz CT molecular complexity index is 226. The molecule has 0 aliphatic carbocycles. The fourth-order valence-electron chi connectivity index (χ4n) is 1.42. The number of hydrogen-bond acceptors (Lipinski definition) is 3. The van der Waals surface area contributed by atoms with Crippen LogP contribution in [0.1, 0.15) is 13.3 Å². The van der Waals surface area contributed by atoms with Gasteiger partial charge in [-0.2, -0.15) is 0 Å². The largest absolute Gasteiger partial charge is 0.459 e. The molecular formula is C8H11NO2. The molecule has 0 saturated carbocycles. The molecule has 0 spiro atoms. The van der Waals surface area contributed by atoms with Gasteiger partial charge in [-0.05, 0) is 12.5 Å². The van der Waals surface area contributed by atoms with E-state index in [1.807, 2.05) is 6.92 Å². The van der Waals surface area contributed by atoms with E-state index in [1.54, 1.807) is 0 Å². The van der Waals surface area contributed by atoms with Gasteiger partial charge in [0, 0.05) is 25.1 Å². The number of ether oxygens (including phenoxy) is 1. The van der Waals surface area contributed by atoms with Crippen LogP contribution in [-0.4, -0.2) is 25.2 Å². The molecule has 2 aliphatic rings. The maximum absolute atomic E-state index is 11.1. The molecular weight excluding hydrogens is 142 g/mol. The van der Waals surface area contributed by atoms with E-state index in [4.69, 9.17) is 4.74 Å². The second-order valence-electron chi connectivity index (χ2n) is 3.11. The number of esters is 1. The summed E-state index contributed by atoms with van der Waals surface area (Å²) in [5, 5.41) is 3.11. The van der Waals surface area contributed by atoms with Crippen molar-refractivity contribution in [1.82, 2.24) is 5.32 Å². The van der Waals surface area contributed by atoms with Crippen molar-refractivity contribution in [2.75, 3.05) is 13.1 Å². The molecule has 1 N–H and O–H groups in total. The van der Waals surface area contributed by atoms with Gasteiger partial charge < -0.3 is 10.1 Å². The van der Waals surface area contributed by atoms with E-state index < -0.39 is 0 Å². The predicted octanol–water partition coefficient (Wildman–Crippen LogP) is 0.222. The van der Waals surface area contributed by atoms with Crippen molar-refractivity contribution >= 4 is 5.97 Å². The summed E-state index contributed by atoms with van der Waals surface area (Å²) in [6.45, 7) is 3.67. The third kappa shape index (κ3) is 1.05. The first-order valence-corrected chi connectivity index (χ1v) is 3.90. The number of rotatable bonds is 0. The smallest absolute Gasteiger partial charge is 0.334 e. The molecule has 2 heterocycles. The van der Waals surface area contributed by atoms with Gasteiger partial charge in [-0.3, -0.25) is 0 Å². The summed E-state index contributed by atoms with van der Waals surface area (Å²) in [5.74, 6) is -0.103. The lowest BCUT2D eigenvalue weighted by Gasteiger charge is -2.19. The van der Waals surface area contributed by atoms with Gasteiger partial charge in [0.2, 0.25) is 0 Å². The van der Waals surface area contributed by atoms with E-state index in [0.29, 0.717) is 0 Å². The van der Waals surface area contributed by atoms with E-state index in [9.17, 15) is 4.79 Å². The Hall–Kier alpha value is -0.830. The minimum Gasteiger partial charge on any atom is -0.459 e. The van der Waals surface area contributed by atoms with Crippen molar-refractivity contribution in [2.45, 2.75) is 19.4 Å². The Morgan fingerprint density at radius 1 is 1.55 bits per heavy atom. The Morgan fingerprint density at radius 3 is 2.64 bits per heavy atom. The molecule has 1 atom stereocenters. The lowest BCUT2D eigenvalue weighted by Crippen LogP contribution is -2.35. The van der Waals surface area contributed by atoms with Gasteiger partial charge in [0.15, 0.2) is 0 Å². The number of carbonyl (C=O) groups is 1.